The first-order valence-electron chi connectivity index (χ1n) is 5.99. The maximum atomic E-state index is 14.1. The molecule has 0 fully saturated rings. The summed E-state index contributed by atoms with van der Waals surface area (Å²) >= 11 is 0. The van der Waals surface area contributed by atoms with Crippen LogP contribution in [0.2, 0.25) is 0 Å². The van der Waals surface area contributed by atoms with Crippen LogP contribution < -0.4 is 0 Å². The van der Waals surface area contributed by atoms with Crippen LogP contribution in [0.5, 0.6) is 5.75 Å². The summed E-state index contributed by atoms with van der Waals surface area (Å²) in [6.45, 7) is 1.74. The Morgan fingerprint density at radius 1 is 1.11 bits per heavy atom. The lowest BCUT2D eigenvalue weighted by molar-refractivity contribution is 0.476. The number of phenols is 1. The maximum Gasteiger partial charge on any atom is 0.133 e. The second-order valence-electron chi connectivity index (χ2n) is 4.54. The van der Waals surface area contributed by atoms with Crippen molar-refractivity contribution >= 4 is 10.9 Å². The minimum Gasteiger partial charge on any atom is -0.508 e. The van der Waals surface area contributed by atoms with Gasteiger partial charge in [0.1, 0.15) is 11.6 Å². The summed E-state index contributed by atoms with van der Waals surface area (Å²) in [7, 11) is 0. The van der Waals surface area contributed by atoms with E-state index in [1.54, 1.807) is 43.5 Å². The molecule has 0 aliphatic rings. The third-order valence-electron chi connectivity index (χ3n) is 3.17. The van der Waals surface area contributed by atoms with Gasteiger partial charge in [-0.15, -0.1) is 0 Å². The van der Waals surface area contributed by atoms with Crippen LogP contribution in [0.1, 0.15) is 5.56 Å². The van der Waals surface area contributed by atoms with E-state index < -0.39 is 0 Å². The van der Waals surface area contributed by atoms with Crippen LogP contribution in [0.4, 0.5) is 4.39 Å². The van der Waals surface area contributed by atoms with Gasteiger partial charge in [0.15, 0.2) is 0 Å². The number of phenolic OH excluding ortho intramolecular Hbond substituents is 1. The molecule has 2 nitrogen and oxygen atoms in total. The van der Waals surface area contributed by atoms with Gasteiger partial charge in [0.05, 0.1) is 5.52 Å². The zero-order chi connectivity index (χ0) is 13.4. The van der Waals surface area contributed by atoms with Crippen LogP contribution in [0.15, 0.2) is 48.7 Å². The number of pyridine rings is 1. The number of hydrogen-bond donors (Lipinski definition) is 1. The molecular formula is C16H12FNO. The van der Waals surface area contributed by atoms with Crippen molar-refractivity contribution in [3.05, 3.63) is 60.0 Å². The summed E-state index contributed by atoms with van der Waals surface area (Å²) < 4.78 is 14.1. The number of nitrogens with zero attached hydrogens (tertiary/aromatic N) is 1. The van der Waals surface area contributed by atoms with Gasteiger partial charge in [0.2, 0.25) is 0 Å². The molecule has 2 aromatic carbocycles. The molecule has 0 spiro atoms. The quantitative estimate of drug-likeness (QED) is 0.709. The van der Waals surface area contributed by atoms with E-state index in [1.165, 1.54) is 0 Å². The van der Waals surface area contributed by atoms with Crippen molar-refractivity contribution in [2.24, 2.45) is 0 Å². The summed E-state index contributed by atoms with van der Waals surface area (Å²) in [5, 5.41) is 10.3. The molecule has 3 rings (SSSR count). The average Bonchev–Trinajstić information content (AvgIpc) is 2.41. The van der Waals surface area contributed by atoms with Crippen molar-refractivity contribution in [3.63, 3.8) is 0 Å². The van der Waals surface area contributed by atoms with E-state index in [2.05, 4.69) is 4.98 Å². The Morgan fingerprint density at radius 3 is 2.79 bits per heavy atom. The van der Waals surface area contributed by atoms with E-state index in [0.717, 1.165) is 10.9 Å². The van der Waals surface area contributed by atoms with Gasteiger partial charge in [-0.25, -0.2) is 4.39 Å². The number of rotatable bonds is 1. The van der Waals surface area contributed by atoms with E-state index in [9.17, 15) is 9.50 Å². The molecule has 0 atom stereocenters. The highest BCUT2D eigenvalue weighted by atomic mass is 19.1. The van der Waals surface area contributed by atoms with Crippen LogP contribution in [-0.4, -0.2) is 10.1 Å². The zero-order valence-electron chi connectivity index (χ0n) is 10.4. The van der Waals surface area contributed by atoms with Crippen molar-refractivity contribution in [1.29, 1.82) is 0 Å². The van der Waals surface area contributed by atoms with Gasteiger partial charge in [-0.2, -0.15) is 0 Å². The Bertz CT molecular complexity index is 768. The Hall–Kier alpha value is -2.42. The number of aromatic nitrogens is 1. The van der Waals surface area contributed by atoms with Gasteiger partial charge >= 0.3 is 0 Å². The molecule has 0 amide bonds. The molecule has 0 bridgehead atoms. The predicted octanol–water partition coefficient (Wildman–Crippen LogP) is 4.05. The zero-order valence-corrected chi connectivity index (χ0v) is 10.4. The lowest BCUT2D eigenvalue weighted by Gasteiger charge is -2.07. The first kappa shape index (κ1) is 11.7. The maximum absolute atomic E-state index is 14.1. The molecule has 0 saturated heterocycles. The Morgan fingerprint density at radius 2 is 1.95 bits per heavy atom. The summed E-state index contributed by atoms with van der Waals surface area (Å²) in [5.41, 5.74) is 2.59. The first-order valence-corrected chi connectivity index (χ1v) is 5.99. The number of aromatic hydroxyl groups is 1. The average molecular weight is 253 g/mol. The molecule has 1 N–H and O–H groups in total. The van der Waals surface area contributed by atoms with Crippen LogP contribution in [0, 0.1) is 12.7 Å². The number of fused-ring (bicyclic) bond motifs is 1. The molecule has 0 radical (unpaired) electrons. The molecule has 0 aliphatic carbocycles. The highest BCUT2D eigenvalue weighted by Crippen LogP contribution is 2.27. The van der Waals surface area contributed by atoms with Gasteiger partial charge in [-0.3, -0.25) is 4.98 Å². The normalized spacial score (nSPS) is 10.8. The van der Waals surface area contributed by atoms with Gasteiger partial charge in [-0.1, -0.05) is 18.2 Å². The highest BCUT2D eigenvalue weighted by Gasteiger charge is 2.08. The fourth-order valence-corrected chi connectivity index (χ4v) is 2.13. The SMILES string of the molecule is Cc1cccc(-c2cnc3cc(O)ccc3c2)c1F. The number of benzene rings is 2. The van der Waals surface area contributed by atoms with Crippen molar-refractivity contribution in [2.75, 3.05) is 0 Å². The fraction of sp³-hybridized carbons (Fsp3) is 0.0625. The Balaban J connectivity index is 2.20. The molecule has 1 aromatic heterocycles. The van der Waals surface area contributed by atoms with E-state index in [0.29, 0.717) is 16.6 Å². The van der Waals surface area contributed by atoms with Gasteiger partial charge in [0.25, 0.3) is 0 Å². The monoisotopic (exact) mass is 253 g/mol. The van der Waals surface area contributed by atoms with Gasteiger partial charge < -0.3 is 5.11 Å². The smallest absolute Gasteiger partial charge is 0.133 e. The number of aryl methyl sites for hydroxylation is 1. The van der Waals surface area contributed by atoms with Crippen LogP contribution in [-0.2, 0) is 0 Å². The molecule has 94 valence electrons. The van der Waals surface area contributed by atoms with E-state index in [4.69, 9.17) is 0 Å². The van der Waals surface area contributed by atoms with Crippen molar-refractivity contribution in [1.82, 2.24) is 4.98 Å². The third kappa shape index (κ3) is 2.03. The van der Waals surface area contributed by atoms with Crippen LogP contribution in [0.3, 0.4) is 0 Å². The lowest BCUT2D eigenvalue weighted by Crippen LogP contribution is -1.89. The molecule has 0 saturated carbocycles. The fourth-order valence-electron chi connectivity index (χ4n) is 2.13. The minimum absolute atomic E-state index is 0.175. The molecule has 3 aromatic rings. The van der Waals surface area contributed by atoms with Crippen molar-refractivity contribution in [2.45, 2.75) is 6.92 Å². The Labute approximate surface area is 110 Å². The lowest BCUT2D eigenvalue weighted by atomic mass is 10.0. The first-order chi connectivity index (χ1) is 9.15. The second kappa shape index (κ2) is 4.35. The molecular weight excluding hydrogens is 241 g/mol. The van der Waals surface area contributed by atoms with Crippen molar-refractivity contribution in [3.8, 4) is 16.9 Å². The number of hydrogen-bond acceptors (Lipinski definition) is 2. The second-order valence-corrected chi connectivity index (χ2v) is 4.54. The van der Waals surface area contributed by atoms with E-state index in [1.807, 2.05) is 12.1 Å². The van der Waals surface area contributed by atoms with Gasteiger partial charge in [0, 0.05) is 28.8 Å². The van der Waals surface area contributed by atoms with Crippen LogP contribution in [0.25, 0.3) is 22.0 Å². The number of halogens is 1. The molecule has 1 heterocycles. The summed E-state index contributed by atoms with van der Waals surface area (Å²) in [6, 6.07) is 12.1. The minimum atomic E-state index is -0.220. The van der Waals surface area contributed by atoms with Gasteiger partial charge in [-0.05, 0) is 30.7 Å². The molecule has 0 aliphatic heterocycles. The summed E-state index contributed by atoms with van der Waals surface area (Å²) in [6.07, 6.45) is 1.62. The van der Waals surface area contributed by atoms with E-state index >= 15 is 0 Å². The highest BCUT2D eigenvalue weighted by molar-refractivity contribution is 5.84. The predicted molar refractivity (Wildman–Crippen MR) is 73.5 cm³/mol. The van der Waals surface area contributed by atoms with Crippen LogP contribution >= 0.6 is 0 Å². The largest absolute Gasteiger partial charge is 0.508 e. The Kier molecular flexibility index (Phi) is 2.67. The topological polar surface area (TPSA) is 33.1 Å². The van der Waals surface area contributed by atoms with Crippen molar-refractivity contribution < 1.29 is 9.50 Å². The molecule has 19 heavy (non-hydrogen) atoms. The summed E-state index contributed by atoms with van der Waals surface area (Å²) in [4.78, 5) is 4.26. The third-order valence-corrected chi connectivity index (χ3v) is 3.17. The standard InChI is InChI=1S/C16H12FNO/c1-10-3-2-4-14(16(10)17)12-7-11-5-6-13(19)8-15(11)18-9-12/h2-9,19H,1H3. The molecule has 0 unspecified atom stereocenters. The summed E-state index contributed by atoms with van der Waals surface area (Å²) in [5.74, 6) is -0.0445. The van der Waals surface area contributed by atoms with E-state index in [-0.39, 0.29) is 11.6 Å². The molecule has 3 heteroatoms.